The first-order valence-electron chi connectivity index (χ1n) is 8.08. The van der Waals surface area contributed by atoms with Crippen LogP contribution < -0.4 is 9.47 Å². The van der Waals surface area contributed by atoms with Crippen LogP contribution in [0.1, 0.15) is 11.1 Å². The Labute approximate surface area is 158 Å². The smallest absolute Gasteiger partial charge is 0.138 e. The van der Waals surface area contributed by atoms with Crippen molar-refractivity contribution in [3.63, 3.8) is 0 Å². The van der Waals surface area contributed by atoms with Gasteiger partial charge in [0.25, 0.3) is 0 Å². The maximum absolute atomic E-state index is 5.55. The van der Waals surface area contributed by atoms with Crippen molar-refractivity contribution < 1.29 is 9.47 Å². The van der Waals surface area contributed by atoms with E-state index in [2.05, 4.69) is 34.1 Å². The molecule has 25 heavy (non-hydrogen) atoms. The Kier molecular flexibility index (Phi) is 6.18. The van der Waals surface area contributed by atoms with Crippen LogP contribution in [0.15, 0.2) is 48.5 Å². The number of rotatable bonds is 6. The van der Waals surface area contributed by atoms with Crippen LogP contribution >= 0.6 is 24.0 Å². The van der Waals surface area contributed by atoms with Gasteiger partial charge < -0.3 is 14.4 Å². The molecule has 4 nitrogen and oxygen atoms in total. The van der Waals surface area contributed by atoms with Crippen molar-refractivity contribution in [1.29, 1.82) is 0 Å². The van der Waals surface area contributed by atoms with Crippen LogP contribution in [0.25, 0.3) is 0 Å². The fraction of sp³-hybridized carbons (Fsp3) is 0.316. The van der Waals surface area contributed by atoms with Crippen molar-refractivity contribution in [1.82, 2.24) is 9.80 Å². The van der Waals surface area contributed by atoms with Gasteiger partial charge in [0.1, 0.15) is 15.8 Å². The lowest BCUT2D eigenvalue weighted by Gasteiger charge is -2.37. The summed E-state index contributed by atoms with van der Waals surface area (Å²) in [4.78, 5) is 4.61. The molecule has 0 unspecified atom stereocenters. The molecule has 6 heteroatoms. The van der Waals surface area contributed by atoms with Gasteiger partial charge >= 0.3 is 0 Å². The molecule has 0 aliphatic carbocycles. The van der Waals surface area contributed by atoms with Crippen molar-refractivity contribution >= 4 is 28.3 Å². The molecule has 0 bridgehead atoms. The number of benzene rings is 2. The first-order chi connectivity index (χ1) is 12.2. The summed E-state index contributed by atoms with van der Waals surface area (Å²) in [5.74, 6) is 2.70. The molecule has 1 aliphatic heterocycles. The van der Waals surface area contributed by atoms with Crippen LogP contribution in [0.4, 0.5) is 0 Å². The summed E-state index contributed by atoms with van der Waals surface area (Å²) in [5, 5.41) is 0. The number of nitrogens with zero attached hydrogens (tertiary/aromatic N) is 2. The lowest BCUT2D eigenvalue weighted by atomic mass is 10.2. The molecule has 1 aliphatic rings. The van der Waals surface area contributed by atoms with Gasteiger partial charge in [-0.1, -0.05) is 54.3 Å². The molecular weight excluding hydrogens is 352 g/mol. The van der Waals surface area contributed by atoms with Gasteiger partial charge in [-0.3, -0.25) is 4.90 Å². The number of thiocarbonyl (C=S) groups is 1. The van der Waals surface area contributed by atoms with Crippen molar-refractivity contribution in [2.75, 3.05) is 26.8 Å². The van der Waals surface area contributed by atoms with Gasteiger partial charge in [-0.15, -0.1) is 0 Å². The molecule has 1 heterocycles. The summed E-state index contributed by atoms with van der Waals surface area (Å²) in [6.07, 6.45) is 0. The Bertz CT molecular complexity index is 722. The molecule has 0 saturated carbocycles. The van der Waals surface area contributed by atoms with Crippen LogP contribution in [0.3, 0.4) is 0 Å². The maximum atomic E-state index is 5.55. The van der Waals surface area contributed by atoms with Gasteiger partial charge in [0.15, 0.2) is 0 Å². The quantitative estimate of drug-likeness (QED) is 0.710. The molecule has 0 radical (unpaired) electrons. The van der Waals surface area contributed by atoms with Gasteiger partial charge in [-0.25, -0.2) is 0 Å². The highest BCUT2D eigenvalue weighted by Crippen LogP contribution is 2.25. The Morgan fingerprint density at radius 2 is 1.76 bits per heavy atom. The van der Waals surface area contributed by atoms with Crippen LogP contribution in [0, 0.1) is 0 Å². The number of hydrogen-bond donors (Lipinski definition) is 0. The lowest BCUT2D eigenvalue weighted by molar-refractivity contribution is 0.199. The van der Waals surface area contributed by atoms with E-state index in [1.807, 2.05) is 24.3 Å². The third-order valence-electron chi connectivity index (χ3n) is 4.12. The molecule has 0 spiro atoms. The average molecular weight is 375 g/mol. The van der Waals surface area contributed by atoms with Gasteiger partial charge in [0, 0.05) is 18.7 Å². The number of thioether (sulfide) groups is 1. The summed E-state index contributed by atoms with van der Waals surface area (Å²) < 4.78 is 11.6. The summed E-state index contributed by atoms with van der Waals surface area (Å²) in [5.41, 5.74) is 2.42. The lowest BCUT2D eigenvalue weighted by Crippen LogP contribution is -2.43. The summed E-state index contributed by atoms with van der Waals surface area (Å²) in [6, 6.07) is 16.3. The molecule has 3 rings (SSSR count). The van der Waals surface area contributed by atoms with Gasteiger partial charge in [-0.05, 0) is 23.8 Å². The third-order valence-corrected chi connectivity index (χ3v) is 5.73. The van der Waals surface area contributed by atoms with E-state index in [1.54, 1.807) is 26.0 Å². The van der Waals surface area contributed by atoms with E-state index in [1.165, 1.54) is 11.1 Å². The molecule has 2 aromatic carbocycles. The standard InChI is InChI=1S/C19H22N2O2S2/c1-22-17-9-7-15(8-10-17)11-21-13-20(14-25-19(21)24)12-16-5-3-4-6-18(16)23-2/h3-10H,11-14H2,1-2H3. The molecule has 2 aromatic rings. The molecule has 0 aromatic heterocycles. The Morgan fingerprint density at radius 3 is 2.48 bits per heavy atom. The van der Waals surface area contributed by atoms with Crippen LogP contribution in [0.5, 0.6) is 11.5 Å². The van der Waals surface area contributed by atoms with E-state index in [0.29, 0.717) is 0 Å². The summed E-state index contributed by atoms with van der Waals surface area (Å²) >= 11 is 7.27. The van der Waals surface area contributed by atoms with Crippen molar-refractivity contribution in [3.8, 4) is 11.5 Å². The predicted molar refractivity (Wildman–Crippen MR) is 107 cm³/mol. The van der Waals surface area contributed by atoms with Crippen molar-refractivity contribution in [2.45, 2.75) is 13.1 Å². The maximum Gasteiger partial charge on any atom is 0.138 e. The number of ether oxygens (including phenoxy) is 2. The highest BCUT2D eigenvalue weighted by atomic mass is 32.2. The fourth-order valence-corrected chi connectivity index (χ4v) is 3.87. The molecule has 0 amide bonds. The zero-order valence-electron chi connectivity index (χ0n) is 14.5. The largest absolute Gasteiger partial charge is 0.497 e. The zero-order valence-corrected chi connectivity index (χ0v) is 16.1. The van der Waals surface area contributed by atoms with E-state index >= 15 is 0 Å². The minimum absolute atomic E-state index is 0.804. The average Bonchev–Trinajstić information content (AvgIpc) is 2.65. The topological polar surface area (TPSA) is 24.9 Å². The summed E-state index contributed by atoms with van der Waals surface area (Å²) in [6.45, 7) is 2.47. The molecular formula is C19H22N2O2S2. The minimum Gasteiger partial charge on any atom is -0.497 e. The molecule has 132 valence electrons. The second-order valence-electron chi connectivity index (χ2n) is 5.87. The van der Waals surface area contributed by atoms with E-state index in [4.69, 9.17) is 21.7 Å². The zero-order chi connectivity index (χ0) is 17.6. The van der Waals surface area contributed by atoms with Gasteiger partial charge in [0.2, 0.25) is 0 Å². The monoisotopic (exact) mass is 374 g/mol. The van der Waals surface area contributed by atoms with E-state index in [-0.39, 0.29) is 0 Å². The fourth-order valence-electron chi connectivity index (χ4n) is 2.81. The third kappa shape index (κ3) is 4.66. The van der Waals surface area contributed by atoms with E-state index < -0.39 is 0 Å². The molecule has 0 N–H and O–H groups in total. The number of para-hydroxylation sites is 1. The van der Waals surface area contributed by atoms with Gasteiger partial charge in [-0.2, -0.15) is 0 Å². The Balaban J connectivity index is 1.65. The van der Waals surface area contributed by atoms with Crippen LogP contribution in [0.2, 0.25) is 0 Å². The second kappa shape index (κ2) is 8.56. The predicted octanol–water partition coefficient (Wildman–Crippen LogP) is 3.95. The first kappa shape index (κ1) is 18.0. The van der Waals surface area contributed by atoms with E-state index in [0.717, 1.165) is 41.5 Å². The van der Waals surface area contributed by atoms with Crippen molar-refractivity contribution in [3.05, 3.63) is 59.7 Å². The van der Waals surface area contributed by atoms with E-state index in [9.17, 15) is 0 Å². The van der Waals surface area contributed by atoms with Gasteiger partial charge in [0.05, 0.1) is 26.8 Å². The van der Waals surface area contributed by atoms with Crippen LogP contribution in [-0.2, 0) is 13.1 Å². The molecule has 1 saturated heterocycles. The highest BCUT2D eigenvalue weighted by molar-refractivity contribution is 8.22. The highest BCUT2D eigenvalue weighted by Gasteiger charge is 2.22. The minimum atomic E-state index is 0.804. The Morgan fingerprint density at radius 1 is 1.00 bits per heavy atom. The number of methoxy groups -OCH3 is 2. The second-order valence-corrected chi connectivity index (χ2v) is 7.45. The number of hydrogen-bond acceptors (Lipinski definition) is 5. The first-order valence-corrected chi connectivity index (χ1v) is 9.48. The Hall–Kier alpha value is -1.76. The van der Waals surface area contributed by atoms with Crippen LogP contribution in [-0.4, -0.2) is 40.9 Å². The normalized spacial score (nSPS) is 15.3. The molecule has 1 fully saturated rings. The molecule has 0 atom stereocenters. The SMILES string of the molecule is COc1ccc(CN2CN(Cc3ccccc3OC)CSC2=S)cc1. The summed E-state index contributed by atoms with van der Waals surface area (Å²) in [7, 11) is 3.40. The van der Waals surface area contributed by atoms with Crippen molar-refractivity contribution in [2.24, 2.45) is 0 Å².